The Bertz CT molecular complexity index is 1120. The van der Waals surface area contributed by atoms with Crippen LogP contribution in [0.25, 0.3) is 10.9 Å². The van der Waals surface area contributed by atoms with E-state index < -0.39 is 0 Å². The minimum atomic E-state index is 0.374. The lowest BCUT2D eigenvalue weighted by Crippen LogP contribution is -2.00. The van der Waals surface area contributed by atoms with E-state index >= 15 is 0 Å². The van der Waals surface area contributed by atoms with E-state index in [2.05, 4.69) is 9.97 Å². The van der Waals surface area contributed by atoms with Crippen molar-refractivity contribution < 1.29 is 18.9 Å². The van der Waals surface area contributed by atoms with Crippen molar-refractivity contribution in [3.63, 3.8) is 0 Å². The fourth-order valence-electron chi connectivity index (χ4n) is 3.05. The Kier molecular flexibility index (Phi) is 5.94. The van der Waals surface area contributed by atoms with E-state index in [0.717, 1.165) is 27.8 Å². The number of aromatic nitrogens is 2. The predicted octanol–water partition coefficient (Wildman–Crippen LogP) is 4.81. The molecule has 0 spiro atoms. The van der Waals surface area contributed by atoms with Crippen LogP contribution in [0.3, 0.4) is 0 Å². The number of benzene rings is 3. The third kappa shape index (κ3) is 4.43. The van der Waals surface area contributed by atoms with Gasteiger partial charge in [0.05, 0.1) is 25.1 Å². The van der Waals surface area contributed by atoms with E-state index in [4.69, 9.17) is 18.9 Å². The van der Waals surface area contributed by atoms with Crippen LogP contribution >= 0.6 is 0 Å². The third-order valence-corrected chi connectivity index (χ3v) is 4.65. The topological polar surface area (TPSA) is 62.7 Å². The second kappa shape index (κ2) is 9.13. The van der Waals surface area contributed by atoms with Crippen LogP contribution in [-0.4, -0.2) is 24.2 Å². The first kappa shape index (κ1) is 19.5. The number of nitrogens with zero attached hydrogens (tertiary/aromatic N) is 2. The molecule has 0 N–H and O–H groups in total. The van der Waals surface area contributed by atoms with Crippen LogP contribution in [0.5, 0.6) is 23.1 Å². The monoisotopic (exact) mass is 402 g/mol. The molecule has 4 aromatic rings. The van der Waals surface area contributed by atoms with Gasteiger partial charge >= 0.3 is 0 Å². The van der Waals surface area contributed by atoms with E-state index in [0.29, 0.717) is 30.6 Å². The molecule has 152 valence electrons. The first-order valence-electron chi connectivity index (χ1n) is 9.52. The van der Waals surface area contributed by atoms with Crippen molar-refractivity contribution in [3.05, 3.63) is 84.2 Å². The second-order valence-corrected chi connectivity index (χ2v) is 6.61. The van der Waals surface area contributed by atoms with Crippen molar-refractivity contribution in [2.24, 2.45) is 0 Å². The van der Waals surface area contributed by atoms with Crippen molar-refractivity contribution in [3.8, 4) is 23.1 Å². The van der Waals surface area contributed by atoms with E-state index in [-0.39, 0.29) is 0 Å². The van der Waals surface area contributed by atoms with Crippen LogP contribution in [0, 0.1) is 0 Å². The Morgan fingerprint density at radius 1 is 0.700 bits per heavy atom. The molecule has 0 saturated carbocycles. The first-order valence-corrected chi connectivity index (χ1v) is 9.52. The standard InChI is InChI=1S/C24H22N2O4/c1-27-22-12-20-21(13-23(22)28-2)25-16-26-24(20)30-15-18-8-10-19(11-9-18)29-14-17-6-4-3-5-7-17/h3-13,16H,14-15H2,1-2H3. The zero-order valence-corrected chi connectivity index (χ0v) is 16.9. The molecule has 0 atom stereocenters. The predicted molar refractivity (Wildman–Crippen MR) is 114 cm³/mol. The van der Waals surface area contributed by atoms with Crippen molar-refractivity contribution >= 4 is 10.9 Å². The fraction of sp³-hybridized carbons (Fsp3) is 0.167. The van der Waals surface area contributed by atoms with Gasteiger partial charge in [-0.15, -0.1) is 0 Å². The molecule has 0 amide bonds. The maximum Gasteiger partial charge on any atom is 0.224 e. The molecular formula is C24H22N2O4. The summed E-state index contributed by atoms with van der Waals surface area (Å²) in [6.45, 7) is 0.911. The average Bonchev–Trinajstić information content (AvgIpc) is 2.81. The summed E-state index contributed by atoms with van der Waals surface area (Å²) < 4.78 is 22.5. The summed E-state index contributed by atoms with van der Waals surface area (Å²) in [6.07, 6.45) is 1.48. The maximum absolute atomic E-state index is 5.96. The highest BCUT2D eigenvalue weighted by Gasteiger charge is 2.12. The van der Waals surface area contributed by atoms with E-state index in [9.17, 15) is 0 Å². The Hall–Kier alpha value is -3.80. The summed E-state index contributed by atoms with van der Waals surface area (Å²) in [5, 5.41) is 0.762. The minimum absolute atomic E-state index is 0.374. The number of hydrogen-bond donors (Lipinski definition) is 0. The van der Waals surface area contributed by atoms with Crippen molar-refractivity contribution in [1.82, 2.24) is 9.97 Å². The zero-order valence-electron chi connectivity index (χ0n) is 16.9. The summed E-state index contributed by atoms with van der Waals surface area (Å²) in [4.78, 5) is 8.57. The smallest absolute Gasteiger partial charge is 0.224 e. The van der Waals surface area contributed by atoms with Gasteiger partial charge in [0.15, 0.2) is 11.5 Å². The SMILES string of the molecule is COc1cc2ncnc(OCc3ccc(OCc4ccccc4)cc3)c2cc1OC. The van der Waals surface area contributed by atoms with Crippen molar-refractivity contribution in [2.45, 2.75) is 13.2 Å². The van der Waals surface area contributed by atoms with Gasteiger partial charge in [-0.2, -0.15) is 0 Å². The van der Waals surface area contributed by atoms with E-state index in [1.165, 1.54) is 6.33 Å². The highest BCUT2D eigenvalue weighted by molar-refractivity contribution is 5.86. The summed E-state index contributed by atoms with van der Waals surface area (Å²) >= 11 is 0. The van der Waals surface area contributed by atoms with Crippen LogP contribution in [0.4, 0.5) is 0 Å². The van der Waals surface area contributed by atoms with Crippen LogP contribution < -0.4 is 18.9 Å². The first-order chi connectivity index (χ1) is 14.8. The molecule has 0 bridgehead atoms. The number of fused-ring (bicyclic) bond motifs is 1. The minimum Gasteiger partial charge on any atom is -0.493 e. The molecule has 0 unspecified atom stereocenters. The molecule has 0 fully saturated rings. The van der Waals surface area contributed by atoms with Crippen molar-refractivity contribution in [2.75, 3.05) is 14.2 Å². The molecule has 0 radical (unpaired) electrons. The molecule has 0 saturated heterocycles. The number of rotatable bonds is 8. The number of hydrogen-bond acceptors (Lipinski definition) is 6. The number of ether oxygens (including phenoxy) is 4. The summed E-state index contributed by atoms with van der Waals surface area (Å²) in [5.41, 5.74) is 2.87. The maximum atomic E-state index is 5.96. The average molecular weight is 402 g/mol. The lowest BCUT2D eigenvalue weighted by Gasteiger charge is -2.12. The van der Waals surface area contributed by atoms with Crippen LogP contribution in [0.1, 0.15) is 11.1 Å². The van der Waals surface area contributed by atoms with E-state index in [1.54, 1.807) is 14.2 Å². The molecule has 1 aromatic heterocycles. The van der Waals surface area contributed by atoms with Gasteiger partial charge in [0.1, 0.15) is 25.3 Å². The Labute approximate surface area is 175 Å². The lowest BCUT2D eigenvalue weighted by atomic mass is 10.2. The normalized spacial score (nSPS) is 10.6. The second-order valence-electron chi connectivity index (χ2n) is 6.61. The fourth-order valence-corrected chi connectivity index (χ4v) is 3.05. The summed E-state index contributed by atoms with van der Waals surface area (Å²) in [5.74, 6) is 2.52. The summed E-state index contributed by atoms with van der Waals surface area (Å²) in [7, 11) is 3.19. The Morgan fingerprint density at radius 3 is 2.10 bits per heavy atom. The molecule has 4 rings (SSSR count). The molecule has 0 aliphatic heterocycles. The van der Waals surface area contributed by atoms with Crippen LogP contribution in [0.2, 0.25) is 0 Å². The van der Waals surface area contributed by atoms with Gasteiger partial charge in [0.2, 0.25) is 5.88 Å². The Morgan fingerprint density at radius 2 is 1.37 bits per heavy atom. The highest BCUT2D eigenvalue weighted by Crippen LogP contribution is 2.34. The van der Waals surface area contributed by atoms with Crippen LogP contribution in [-0.2, 0) is 13.2 Å². The van der Waals surface area contributed by atoms with Gasteiger partial charge in [-0.05, 0) is 29.3 Å². The van der Waals surface area contributed by atoms with Gasteiger partial charge in [-0.25, -0.2) is 9.97 Å². The highest BCUT2D eigenvalue weighted by atomic mass is 16.5. The molecule has 0 aliphatic rings. The van der Waals surface area contributed by atoms with Gasteiger partial charge in [-0.3, -0.25) is 0 Å². The van der Waals surface area contributed by atoms with Gasteiger partial charge in [0, 0.05) is 6.07 Å². The largest absolute Gasteiger partial charge is 0.493 e. The molecule has 30 heavy (non-hydrogen) atoms. The lowest BCUT2D eigenvalue weighted by molar-refractivity contribution is 0.295. The van der Waals surface area contributed by atoms with Gasteiger partial charge in [0.25, 0.3) is 0 Å². The van der Waals surface area contributed by atoms with Crippen molar-refractivity contribution in [1.29, 1.82) is 0 Å². The third-order valence-electron chi connectivity index (χ3n) is 4.65. The van der Waals surface area contributed by atoms with Gasteiger partial charge in [-0.1, -0.05) is 42.5 Å². The van der Waals surface area contributed by atoms with Gasteiger partial charge < -0.3 is 18.9 Å². The molecule has 0 aliphatic carbocycles. The molecule has 6 heteroatoms. The van der Waals surface area contributed by atoms with E-state index in [1.807, 2.05) is 66.7 Å². The Balaban J connectivity index is 1.43. The zero-order chi connectivity index (χ0) is 20.8. The number of methoxy groups -OCH3 is 2. The quantitative estimate of drug-likeness (QED) is 0.422. The molecule has 3 aromatic carbocycles. The molecular weight excluding hydrogens is 380 g/mol. The van der Waals surface area contributed by atoms with Crippen LogP contribution in [0.15, 0.2) is 73.1 Å². The molecule has 6 nitrogen and oxygen atoms in total. The summed E-state index contributed by atoms with van der Waals surface area (Å²) in [6, 6.07) is 21.5. The molecule has 1 heterocycles.